The number of carbonyl (C=O) groups excluding carboxylic acids is 3. The lowest BCUT2D eigenvalue weighted by atomic mass is 9.50. The Bertz CT molecular complexity index is 1390. The molecular weight excluding hydrogens is 558 g/mol. The van der Waals surface area contributed by atoms with Gasteiger partial charge in [-0.05, 0) is 44.1 Å². The number of carboxylic acid groups (broad SMARTS) is 2. The molecule has 1 spiro atoms. The number of ether oxygens (including phenoxy) is 5. The number of carboxylic acids is 2. The van der Waals surface area contributed by atoms with Gasteiger partial charge >= 0.3 is 29.8 Å². The normalized spacial score (nSPS) is 28.2. The van der Waals surface area contributed by atoms with Crippen molar-refractivity contribution in [3.8, 4) is 11.5 Å². The zero-order valence-corrected chi connectivity index (χ0v) is 23.2. The lowest BCUT2D eigenvalue weighted by molar-refractivity contribution is -0.181. The lowest BCUT2D eigenvalue weighted by Crippen LogP contribution is -2.74. The molecular formula is C28H31NO13. The van der Waals surface area contributed by atoms with Crippen molar-refractivity contribution >= 4 is 29.8 Å². The van der Waals surface area contributed by atoms with Gasteiger partial charge in [-0.3, -0.25) is 14.4 Å². The molecule has 14 nitrogen and oxygen atoms in total. The first-order chi connectivity index (χ1) is 19.8. The van der Waals surface area contributed by atoms with Crippen LogP contribution in [0.15, 0.2) is 24.0 Å². The maximum Gasteiger partial charge on any atom is 0.348 e. The van der Waals surface area contributed by atoms with Crippen molar-refractivity contribution in [1.82, 2.24) is 4.90 Å². The number of hydrogen-bond donors (Lipinski definition) is 3. The minimum atomic E-state index is -2.07. The number of likely N-dealkylation sites (N-methyl/N-ethyl adjacent to an activating group) is 1. The van der Waals surface area contributed by atoms with Gasteiger partial charge in [0, 0.05) is 24.9 Å². The average molecular weight is 590 g/mol. The first kappa shape index (κ1) is 29.3. The molecule has 0 amide bonds. The summed E-state index contributed by atoms with van der Waals surface area (Å²) in [6, 6.07) is 3.51. The van der Waals surface area contributed by atoms with E-state index in [1.54, 1.807) is 12.1 Å². The van der Waals surface area contributed by atoms with E-state index >= 15 is 0 Å². The standard InChI is InChI=1S/C28H31NO13/c1-13(30)39-18(26(36)41-17(25(34)35)11-20(31)32)12-21(33)40-16-6-7-28(37)19-10-14-4-5-15(38-3)23-22(14)27(28,24(16)42-23)8-9-29(19)2/h4-6,17-19,24,37H,7-12H2,1-3H3,(H,31,32)(H,34,35)/t17-,18-,19-,24-,27-,28+/m0/s1. The molecule has 2 aliphatic heterocycles. The Balaban J connectivity index is 1.41. The summed E-state index contributed by atoms with van der Waals surface area (Å²) in [5.41, 5.74) is -0.384. The van der Waals surface area contributed by atoms with Gasteiger partial charge in [-0.2, -0.15) is 0 Å². The Hall–Kier alpha value is -4.17. The highest BCUT2D eigenvalue weighted by Gasteiger charge is 2.72. The van der Waals surface area contributed by atoms with E-state index in [9.17, 15) is 34.2 Å². The summed E-state index contributed by atoms with van der Waals surface area (Å²) in [6.45, 7) is 1.61. The Morgan fingerprint density at radius 1 is 1.12 bits per heavy atom. The van der Waals surface area contributed by atoms with Crippen LogP contribution in [0.2, 0.25) is 0 Å². The van der Waals surface area contributed by atoms with Crippen LogP contribution in [-0.4, -0.2) is 101 Å². The van der Waals surface area contributed by atoms with Crippen molar-refractivity contribution in [3.05, 3.63) is 35.1 Å². The van der Waals surface area contributed by atoms with E-state index in [4.69, 9.17) is 28.8 Å². The second-order valence-corrected chi connectivity index (χ2v) is 10.9. The Kier molecular flexibility index (Phi) is 7.39. The van der Waals surface area contributed by atoms with E-state index < -0.39 is 72.0 Å². The maximum atomic E-state index is 13.1. The Morgan fingerprint density at radius 2 is 1.86 bits per heavy atom. The molecule has 3 N–H and O–H groups in total. The van der Waals surface area contributed by atoms with Crippen molar-refractivity contribution in [2.45, 2.75) is 74.4 Å². The molecule has 1 fully saturated rings. The molecule has 2 aliphatic carbocycles. The van der Waals surface area contributed by atoms with Gasteiger partial charge in [-0.1, -0.05) is 6.07 Å². The first-order valence-electron chi connectivity index (χ1n) is 13.3. The van der Waals surface area contributed by atoms with E-state index in [-0.39, 0.29) is 18.2 Å². The third kappa shape index (κ3) is 4.54. The van der Waals surface area contributed by atoms with E-state index in [1.807, 2.05) is 13.1 Å². The minimum Gasteiger partial charge on any atom is -0.493 e. The highest BCUT2D eigenvalue weighted by Crippen LogP contribution is 2.65. The number of carbonyl (C=O) groups is 5. The van der Waals surface area contributed by atoms with Gasteiger partial charge in [0.2, 0.25) is 12.2 Å². The SMILES string of the molecule is COc1ccc2c3c1O[C@H]1C(OC(=O)C[C@H](OC(C)=O)C(=O)O[C@@H](CC(=O)O)C(=O)O)=CC[C@@]4(O)[C@H](C2)N(C)CC[C@]314. The Morgan fingerprint density at radius 3 is 2.50 bits per heavy atom. The molecule has 2 heterocycles. The lowest BCUT2D eigenvalue weighted by Gasteiger charge is -2.61. The van der Waals surface area contributed by atoms with E-state index in [0.29, 0.717) is 30.9 Å². The monoisotopic (exact) mass is 589 g/mol. The number of esters is 3. The molecule has 6 atom stereocenters. The van der Waals surface area contributed by atoms with Crippen LogP contribution in [0.1, 0.15) is 43.7 Å². The zero-order chi connectivity index (χ0) is 30.6. The second kappa shape index (κ2) is 10.6. The number of methoxy groups -OCH3 is 1. The number of nitrogens with zero attached hydrogens (tertiary/aromatic N) is 1. The summed E-state index contributed by atoms with van der Waals surface area (Å²) in [5, 5.41) is 30.3. The molecule has 0 aromatic heterocycles. The molecule has 4 aliphatic rings. The van der Waals surface area contributed by atoms with Gasteiger partial charge in [0.05, 0.1) is 31.0 Å². The molecule has 1 aromatic carbocycles. The average Bonchev–Trinajstić information content (AvgIpc) is 3.27. The molecule has 0 radical (unpaired) electrons. The number of aliphatic carboxylic acids is 2. The van der Waals surface area contributed by atoms with E-state index in [0.717, 1.165) is 18.1 Å². The van der Waals surface area contributed by atoms with Crippen LogP contribution in [0, 0.1) is 0 Å². The number of piperidine rings is 1. The van der Waals surface area contributed by atoms with Gasteiger partial charge in [0.1, 0.15) is 5.76 Å². The highest BCUT2D eigenvalue weighted by molar-refractivity contribution is 5.87. The summed E-state index contributed by atoms with van der Waals surface area (Å²) in [6.07, 6.45) is -3.98. The molecule has 0 unspecified atom stereocenters. The maximum absolute atomic E-state index is 13.1. The van der Waals surface area contributed by atoms with E-state index in [1.165, 1.54) is 7.11 Å². The molecule has 0 saturated carbocycles. The second-order valence-electron chi connectivity index (χ2n) is 10.9. The number of hydrogen-bond acceptors (Lipinski definition) is 12. The summed E-state index contributed by atoms with van der Waals surface area (Å²) >= 11 is 0. The van der Waals surface area contributed by atoms with Crippen molar-refractivity contribution in [1.29, 1.82) is 0 Å². The van der Waals surface area contributed by atoms with Gasteiger partial charge < -0.3 is 43.9 Å². The molecule has 42 heavy (non-hydrogen) atoms. The van der Waals surface area contributed by atoms with Crippen LogP contribution >= 0.6 is 0 Å². The fraction of sp³-hybridized carbons (Fsp3) is 0.536. The number of aliphatic hydroxyl groups is 1. The van der Waals surface area contributed by atoms with Gasteiger partial charge in [-0.25, -0.2) is 9.59 Å². The molecule has 1 aromatic rings. The summed E-state index contributed by atoms with van der Waals surface area (Å²) in [4.78, 5) is 61.8. The van der Waals surface area contributed by atoms with Crippen molar-refractivity contribution in [2.24, 2.45) is 0 Å². The third-order valence-electron chi connectivity index (χ3n) is 8.61. The summed E-state index contributed by atoms with van der Waals surface area (Å²) in [7, 11) is 3.46. The highest BCUT2D eigenvalue weighted by atomic mass is 16.6. The third-order valence-corrected chi connectivity index (χ3v) is 8.61. The van der Waals surface area contributed by atoms with Gasteiger partial charge in [-0.15, -0.1) is 0 Å². The quantitative estimate of drug-likeness (QED) is 0.249. The van der Waals surface area contributed by atoms with E-state index in [2.05, 4.69) is 4.90 Å². The van der Waals surface area contributed by atoms with Crippen LogP contribution in [0.4, 0.5) is 0 Å². The molecule has 2 bridgehead atoms. The zero-order valence-electron chi connectivity index (χ0n) is 23.2. The molecule has 14 heteroatoms. The Labute approximate surface area is 239 Å². The van der Waals surface area contributed by atoms with Gasteiger partial charge in [0.15, 0.2) is 17.6 Å². The molecule has 5 rings (SSSR count). The topological polar surface area (TPSA) is 195 Å². The number of benzene rings is 1. The van der Waals surface area contributed by atoms with Crippen LogP contribution < -0.4 is 9.47 Å². The molecule has 1 saturated heterocycles. The van der Waals surface area contributed by atoms with Crippen LogP contribution in [0.3, 0.4) is 0 Å². The largest absolute Gasteiger partial charge is 0.493 e. The van der Waals surface area contributed by atoms with Crippen molar-refractivity contribution in [2.75, 3.05) is 20.7 Å². The summed E-state index contributed by atoms with van der Waals surface area (Å²) < 4.78 is 27.3. The van der Waals surface area contributed by atoms with Crippen LogP contribution in [0.25, 0.3) is 0 Å². The summed E-state index contributed by atoms with van der Waals surface area (Å²) in [5.74, 6) is -5.66. The van der Waals surface area contributed by atoms with Gasteiger partial charge in [0.25, 0.3) is 0 Å². The smallest absolute Gasteiger partial charge is 0.348 e. The van der Waals surface area contributed by atoms with Crippen molar-refractivity contribution in [3.63, 3.8) is 0 Å². The first-order valence-corrected chi connectivity index (χ1v) is 13.3. The fourth-order valence-electron chi connectivity index (χ4n) is 6.84. The number of rotatable bonds is 10. The van der Waals surface area contributed by atoms with Crippen LogP contribution in [-0.2, 0) is 50.0 Å². The molecule has 226 valence electrons. The van der Waals surface area contributed by atoms with Crippen molar-refractivity contribution < 1.29 is 63.0 Å². The van der Waals surface area contributed by atoms with Crippen LogP contribution in [0.5, 0.6) is 11.5 Å². The number of likely N-dealkylation sites (tertiary alicyclic amines) is 1. The minimum absolute atomic E-state index is 0.100. The predicted molar refractivity (Wildman–Crippen MR) is 138 cm³/mol. The fourth-order valence-corrected chi connectivity index (χ4v) is 6.84. The predicted octanol–water partition coefficient (Wildman–Crippen LogP) is 0.309.